The quantitative estimate of drug-likeness (QED) is 0.868. The zero-order chi connectivity index (χ0) is 14.3. The van der Waals surface area contributed by atoms with E-state index in [9.17, 15) is 5.11 Å². The van der Waals surface area contributed by atoms with E-state index < -0.39 is 5.60 Å². The maximum absolute atomic E-state index is 11.1. The number of rotatable bonds is 2. The van der Waals surface area contributed by atoms with Crippen molar-refractivity contribution in [2.75, 3.05) is 7.11 Å². The summed E-state index contributed by atoms with van der Waals surface area (Å²) in [6, 6.07) is 7.86. The van der Waals surface area contributed by atoms with Crippen LogP contribution in [0.4, 0.5) is 0 Å². The van der Waals surface area contributed by atoms with Crippen LogP contribution in [0, 0.1) is 10.8 Å². The highest BCUT2D eigenvalue weighted by atomic mass is 16.5. The Balaban J connectivity index is 2.34. The topological polar surface area (TPSA) is 29.5 Å². The molecule has 0 atom stereocenters. The molecule has 2 heteroatoms. The molecule has 0 spiro atoms. The highest BCUT2D eigenvalue weighted by Gasteiger charge is 2.47. The minimum atomic E-state index is -0.725. The molecule has 0 saturated heterocycles. The summed E-state index contributed by atoms with van der Waals surface area (Å²) in [5.74, 6) is 0.835. The van der Waals surface area contributed by atoms with Gasteiger partial charge in [-0.25, -0.2) is 0 Å². The Morgan fingerprint density at radius 3 is 1.79 bits per heavy atom. The van der Waals surface area contributed by atoms with Crippen molar-refractivity contribution in [3.63, 3.8) is 0 Å². The number of methoxy groups -OCH3 is 1. The van der Waals surface area contributed by atoms with Gasteiger partial charge in [0.05, 0.1) is 12.7 Å². The van der Waals surface area contributed by atoms with Gasteiger partial charge in [-0.3, -0.25) is 0 Å². The first-order valence-corrected chi connectivity index (χ1v) is 7.03. The van der Waals surface area contributed by atoms with Crippen LogP contribution in [0.2, 0.25) is 0 Å². The Morgan fingerprint density at radius 1 is 0.895 bits per heavy atom. The standard InChI is InChI=1S/C17H26O2/c1-15(2)10-16(3,4)12-17(18,11-15)13-6-8-14(19-5)9-7-13/h6-9,18H,10-12H2,1-5H3. The third-order valence-electron chi connectivity index (χ3n) is 4.13. The minimum absolute atomic E-state index is 0.163. The Kier molecular flexibility index (Phi) is 3.42. The van der Waals surface area contributed by atoms with E-state index in [1.807, 2.05) is 24.3 Å². The van der Waals surface area contributed by atoms with Crippen LogP contribution in [0.25, 0.3) is 0 Å². The molecule has 2 nitrogen and oxygen atoms in total. The van der Waals surface area contributed by atoms with Crippen LogP contribution in [0.15, 0.2) is 24.3 Å². The molecule has 1 aromatic carbocycles. The molecule has 0 heterocycles. The monoisotopic (exact) mass is 262 g/mol. The third kappa shape index (κ3) is 3.11. The summed E-state index contributed by atoms with van der Waals surface area (Å²) in [7, 11) is 1.66. The van der Waals surface area contributed by atoms with E-state index >= 15 is 0 Å². The lowest BCUT2D eigenvalue weighted by molar-refractivity contribution is -0.0912. The zero-order valence-corrected chi connectivity index (χ0v) is 12.8. The van der Waals surface area contributed by atoms with E-state index in [0.29, 0.717) is 0 Å². The van der Waals surface area contributed by atoms with E-state index in [1.165, 1.54) is 0 Å². The Morgan fingerprint density at radius 2 is 1.37 bits per heavy atom. The normalized spacial score (nSPS) is 23.9. The molecular weight excluding hydrogens is 236 g/mol. The lowest BCUT2D eigenvalue weighted by Gasteiger charge is -2.49. The molecule has 0 radical (unpaired) electrons. The van der Waals surface area contributed by atoms with E-state index in [2.05, 4.69) is 27.7 Å². The molecule has 1 N–H and O–H groups in total. The van der Waals surface area contributed by atoms with Gasteiger partial charge in [-0.15, -0.1) is 0 Å². The Bertz CT molecular complexity index is 427. The van der Waals surface area contributed by atoms with Gasteiger partial charge in [0.2, 0.25) is 0 Å². The van der Waals surface area contributed by atoms with Gasteiger partial charge in [-0.05, 0) is 47.8 Å². The molecule has 19 heavy (non-hydrogen) atoms. The molecule has 0 unspecified atom stereocenters. The Labute approximate surface area is 116 Å². The van der Waals surface area contributed by atoms with Gasteiger partial charge in [0.1, 0.15) is 5.75 Å². The first-order valence-electron chi connectivity index (χ1n) is 7.03. The molecule has 0 bridgehead atoms. The van der Waals surface area contributed by atoms with Gasteiger partial charge in [0, 0.05) is 0 Å². The second-order valence-electron chi connectivity index (χ2n) is 7.62. The van der Waals surface area contributed by atoms with E-state index in [1.54, 1.807) is 7.11 Å². The van der Waals surface area contributed by atoms with Crippen molar-refractivity contribution >= 4 is 0 Å². The molecule has 1 aliphatic rings. The SMILES string of the molecule is COc1ccc(C2(O)CC(C)(C)CC(C)(C)C2)cc1. The van der Waals surface area contributed by atoms with Crippen LogP contribution < -0.4 is 4.74 Å². The van der Waals surface area contributed by atoms with Gasteiger partial charge >= 0.3 is 0 Å². The van der Waals surface area contributed by atoms with E-state index in [4.69, 9.17) is 4.74 Å². The summed E-state index contributed by atoms with van der Waals surface area (Å²) >= 11 is 0. The maximum Gasteiger partial charge on any atom is 0.118 e. The van der Waals surface area contributed by atoms with Crippen LogP contribution in [0.1, 0.15) is 52.5 Å². The van der Waals surface area contributed by atoms with Crippen LogP contribution in [-0.4, -0.2) is 12.2 Å². The molecule has 1 aliphatic carbocycles. The largest absolute Gasteiger partial charge is 0.497 e. The molecule has 0 aromatic heterocycles. The first-order chi connectivity index (χ1) is 8.66. The lowest BCUT2D eigenvalue weighted by atomic mass is 9.58. The zero-order valence-electron chi connectivity index (χ0n) is 12.8. The summed E-state index contributed by atoms with van der Waals surface area (Å²) in [6.45, 7) is 9.01. The fourth-order valence-electron chi connectivity index (χ4n) is 4.17. The number of benzene rings is 1. The lowest BCUT2D eigenvalue weighted by Crippen LogP contribution is -2.44. The van der Waals surface area contributed by atoms with Crippen LogP contribution >= 0.6 is 0 Å². The van der Waals surface area contributed by atoms with Crippen LogP contribution in [0.3, 0.4) is 0 Å². The Hall–Kier alpha value is -1.02. The van der Waals surface area contributed by atoms with Crippen molar-refractivity contribution in [2.45, 2.75) is 52.6 Å². The van der Waals surface area contributed by atoms with Gasteiger partial charge in [0.15, 0.2) is 0 Å². The molecule has 1 fully saturated rings. The highest BCUT2D eigenvalue weighted by Crippen LogP contribution is 2.53. The van der Waals surface area contributed by atoms with Crippen LogP contribution in [-0.2, 0) is 5.60 Å². The molecule has 1 aromatic rings. The van der Waals surface area contributed by atoms with Gasteiger partial charge < -0.3 is 9.84 Å². The van der Waals surface area contributed by atoms with Gasteiger partial charge in [0.25, 0.3) is 0 Å². The van der Waals surface area contributed by atoms with Crippen molar-refractivity contribution in [2.24, 2.45) is 10.8 Å². The molecular formula is C17H26O2. The van der Waals surface area contributed by atoms with Crippen LogP contribution in [0.5, 0.6) is 5.75 Å². The van der Waals surface area contributed by atoms with Crippen molar-refractivity contribution < 1.29 is 9.84 Å². The van der Waals surface area contributed by atoms with E-state index in [0.717, 1.165) is 30.6 Å². The molecule has 106 valence electrons. The summed E-state index contributed by atoms with van der Waals surface area (Å²) < 4.78 is 5.19. The average molecular weight is 262 g/mol. The molecule has 1 saturated carbocycles. The number of ether oxygens (including phenoxy) is 1. The minimum Gasteiger partial charge on any atom is -0.497 e. The van der Waals surface area contributed by atoms with Crippen molar-refractivity contribution in [3.05, 3.63) is 29.8 Å². The molecule has 0 aliphatic heterocycles. The predicted molar refractivity (Wildman–Crippen MR) is 78.3 cm³/mol. The maximum atomic E-state index is 11.1. The summed E-state index contributed by atoms with van der Waals surface area (Å²) in [5.41, 5.74) is 0.610. The van der Waals surface area contributed by atoms with Gasteiger partial charge in [-0.2, -0.15) is 0 Å². The number of aliphatic hydroxyl groups is 1. The molecule has 0 amide bonds. The van der Waals surface area contributed by atoms with Crippen molar-refractivity contribution in [3.8, 4) is 5.75 Å². The van der Waals surface area contributed by atoms with Crippen molar-refractivity contribution in [1.29, 1.82) is 0 Å². The van der Waals surface area contributed by atoms with Gasteiger partial charge in [-0.1, -0.05) is 39.8 Å². The third-order valence-corrected chi connectivity index (χ3v) is 4.13. The fraction of sp³-hybridized carbons (Fsp3) is 0.647. The highest BCUT2D eigenvalue weighted by molar-refractivity contribution is 5.31. The average Bonchev–Trinajstić information content (AvgIpc) is 2.24. The number of hydrogen-bond acceptors (Lipinski definition) is 2. The second-order valence-corrected chi connectivity index (χ2v) is 7.62. The second kappa shape index (κ2) is 4.52. The van der Waals surface area contributed by atoms with Crippen molar-refractivity contribution in [1.82, 2.24) is 0 Å². The summed E-state index contributed by atoms with van der Waals surface area (Å²) in [4.78, 5) is 0. The molecule has 2 rings (SSSR count). The summed E-state index contributed by atoms with van der Waals surface area (Å²) in [6.07, 6.45) is 2.78. The summed E-state index contributed by atoms with van der Waals surface area (Å²) in [5, 5.41) is 11.1. The fourth-order valence-corrected chi connectivity index (χ4v) is 4.17. The predicted octanol–water partition coefficient (Wildman–Crippen LogP) is 4.12. The van der Waals surface area contributed by atoms with E-state index in [-0.39, 0.29) is 10.8 Å². The smallest absolute Gasteiger partial charge is 0.118 e. The number of hydrogen-bond donors (Lipinski definition) is 1. The first kappa shape index (κ1) is 14.4.